The molecule has 0 aliphatic carbocycles. The number of aryl methyl sites for hydroxylation is 1. The summed E-state index contributed by atoms with van der Waals surface area (Å²) in [5.74, 6) is -0.318. The van der Waals surface area contributed by atoms with E-state index >= 15 is 0 Å². The van der Waals surface area contributed by atoms with Crippen molar-refractivity contribution in [3.05, 3.63) is 23.8 Å². The van der Waals surface area contributed by atoms with Crippen LogP contribution in [0.1, 0.15) is 19.4 Å². The van der Waals surface area contributed by atoms with Gasteiger partial charge in [0.25, 0.3) is 0 Å². The van der Waals surface area contributed by atoms with Gasteiger partial charge in [-0.1, -0.05) is 13.8 Å². The molecule has 7 heteroatoms. The van der Waals surface area contributed by atoms with Crippen LogP contribution < -0.4 is 21.3 Å². The van der Waals surface area contributed by atoms with Gasteiger partial charge in [-0.3, -0.25) is 4.79 Å². The highest BCUT2D eigenvalue weighted by molar-refractivity contribution is 5.97. The van der Waals surface area contributed by atoms with Crippen molar-refractivity contribution in [1.29, 1.82) is 0 Å². The number of primary amides is 1. The van der Waals surface area contributed by atoms with E-state index < -0.39 is 12.1 Å². The second-order valence-electron chi connectivity index (χ2n) is 7.01. The topological polar surface area (TPSA) is 90.7 Å². The summed E-state index contributed by atoms with van der Waals surface area (Å²) in [4.78, 5) is 28.2. The summed E-state index contributed by atoms with van der Waals surface area (Å²) in [5.41, 5.74) is 8.07. The number of carbonyl (C=O) groups is 2. The zero-order valence-corrected chi connectivity index (χ0v) is 15.5. The molecule has 0 bridgehead atoms. The Balaban J connectivity index is 2.07. The van der Waals surface area contributed by atoms with Crippen LogP contribution in [-0.2, 0) is 4.79 Å². The van der Waals surface area contributed by atoms with Gasteiger partial charge in [0, 0.05) is 37.6 Å². The van der Waals surface area contributed by atoms with E-state index in [0.29, 0.717) is 0 Å². The molecule has 25 heavy (non-hydrogen) atoms. The summed E-state index contributed by atoms with van der Waals surface area (Å²) >= 11 is 0. The number of piperazine rings is 1. The maximum Gasteiger partial charge on any atom is 0.312 e. The number of carbonyl (C=O) groups excluding carboxylic acids is 2. The molecule has 0 radical (unpaired) electrons. The SMILES string of the molecule is Cc1cc(N2CCN(C)CC2)ccc1NC(=O)C(NC(N)=O)C(C)C. The Morgan fingerprint density at radius 3 is 2.32 bits per heavy atom. The maximum absolute atomic E-state index is 12.5. The molecule has 1 aliphatic heterocycles. The third-order valence-electron chi connectivity index (χ3n) is 4.58. The van der Waals surface area contributed by atoms with E-state index in [-0.39, 0.29) is 11.8 Å². The molecule has 1 saturated heterocycles. The fourth-order valence-corrected chi connectivity index (χ4v) is 2.95. The number of nitrogens with one attached hydrogen (secondary N) is 2. The zero-order valence-electron chi connectivity index (χ0n) is 15.5. The smallest absolute Gasteiger partial charge is 0.312 e. The number of rotatable bonds is 5. The molecule has 1 aliphatic rings. The number of likely N-dealkylation sites (N-methyl/N-ethyl adjacent to an activating group) is 1. The third kappa shape index (κ3) is 5.09. The lowest BCUT2D eigenvalue weighted by atomic mass is 10.0. The highest BCUT2D eigenvalue weighted by Crippen LogP contribution is 2.24. The van der Waals surface area contributed by atoms with E-state index in [1.807, 2.05) is 32.9 Å². The maximum atomic E-state index is 12.5. The minimum atomic E-state index is -0.698. The molecule has 3 amide bonds. The van der Waals surface area contributed by atoms with Gasteiger partial charge in [0.1, 0.15) is 6.04 Å². The Morgan fingerprint density at radius 1 is 1.16 bits per heavy atom. The van der Waals surface area contributed by atoms with Crippen LogP contribution in [-0.4, -0.2) is 56.1 Å². The van der Waals surface area contributed by atoms with Gasteiger partial charge in [-0.2, -0.15) is 0 Å². The minimum Gasteiger partial charge on any atom is -0.369 e. The van der Waals surface area contributed by atoms with Crippen molar-refractivity contribution >= 4 is 23.3 Å². The first-order chi connectivity index (χ1) is 11.8. The van der Waals surface area contributed by atoms with Gasteiger partial charge >= 0.3 is 6.03 Å². The van der Waals surface area contributed by atoms with Gasteiger partial charge in [-0.05, 0) is 43.7 Å². The number of hydrogen-bond donors (Lipinski definition) is 3. The van der Waals surface area contributed by atoms with Crippen molar-refractivity contribution in [3.8, 4) is 0 Å². The molecule has 1 unspecified atom stereocenters. The number of nitrogens with two attached hydrogens (primary N) is 1. The van der Waals surface area contributed by atoms with E-state index in [9.17, 15) is 9.59 Å². The molecule has 1 aromatic rings. The highest BCUT2D eigenvalue weighted by atomic mass is 16.2. The summed E-state index contributed by atoms with van der Waals surface area (Å²) in [6.45, 7) is 9.80. The Bertz CT molecular complexity index is 624. The zero-order chi connectivity index (χ0) is 18.6. The van der Waals surface area contributed by atoms with Crippen molar-refractivity contribution in [2.75, 3.05) is 43.4 Å². The van der Waals surface area contributed by atoms with Crippen LogP contribution in [0.15, 0.2) is 18.2 Å². The highest BCUT2D eigenvalue weighted by Gasteiger charge is 2.24. The lowest BCUT2D eigenvalue weighted by Crippen LogP contribution is -2.49. The number of anilines is 2. The second kappa shape index (κ2) is 8.20. The Morgan fingerprint density at radius 2 is 1.80 bits per heavy atom. The summed E-state index contributed by atoms with van der Waals surface area (Å²) in [6, 6.07) is 4.68. The van der Waals surface area contributed by atoms with Gasteiger partial charge in [0.2, 0.25) is 5.91 Å². The fourth-order valence-electron chi connectivity index (χ4n) is 2.95. The molecule has 0 saturated carbocycles. The predicted molar refractivity (Wildman–Crippen MR) is 101 cm³/mol. The molecule has 7 nitrogen and oxygen atoms in total. The molecule has 4 N–H and O–H groups in total. The van der Waals surface area contributed by atoms with Gasteiger partial charge < -0.3 is 26.2 Å². The molecular formula is C18H29N5O2. The number of hydrogen-bond acceptors (Lipinski definition) is 4. The summed E-state index contributed by atoms with van der Waals surface area (Å²) in [7, 11) is 2.13. The number of amides is 3. The van der Waals surface area contributed by atoms with Crippen molar-refractivity contribution < 1.29 is 9.59 Å². The van der Waals surface area contributed by atoms with E-state index in [4.69, 9.17) is 5.73 Å². The second-order valence-corrected chi connectivity index (χ2v) is 7.01. The van der Waals surface area contributed by atoms with Crippen LogP contribution in [0.4, 0.5) is 16.2 Å². The van der Waals surface area contributed by atoms with Gasteiger partial charge in [0.05, 0.1) is 0 Å². The third-order valence-corrected chi connectivity index (χ3v) is 4.58. The molecule has 138 valence electrons. The number of nitrogens with zero attached hydrogens (tertiary/aromatic N) is 2. The van der Waals surface area contributed by atoms with Crippen molar-refractivity contribution in [3.63, 3.8) is 0 Å². The van der Waals surface area contributed by atoms with Crippen molar-refractivity contribution in [2.45, 2.75) is 26.8 Å². The first kappa shape index (κ1) is 19.1. The summed E-state index contributed by atoms with van der Waals surface area (Å²) < 4.78 is 0. The Hall–Kier alpha value is -2.28. The minimum absolute atomic E-state index is 0.0579. The molecule has 1 atom stereocenters. The average Bonchev–Trinajstić information content (AvgIpc) is 2.54. The summed E-state index contributed by atoms with van der Waals surface area (Å²) in [5, 5.41) is 5.40. The quantitative estimate of drug-likeness (QED) is 0.750. The molecule has 1 fully saturated rings. The van der Waals surface area contributed by atoms with E-state index in [1.54, 1.807) is 0 Å². The molecule has 0 spiro atoms. The van der Waals surface area contributed by atoms with Crippen LogP contribution in [0.2, 0.25) is 0 Å². The van der Waals surface area contributed by atoms with Crippen LogP contribution in [0.5, 0.6) is 0 Å². The fraction of sp³-hybridized carbons (Fsp3) is 0.556. The first-order valence-electron chi connectivity index (χ1n) is 8.69. The molecule has 1 heterocycles. The molecule has 0 aromatic heterocycles. The van der Waals surface area contributed by atoms with Gasteiger partial charge in [-0.25, -0.2) is 4.79 Å². The average molecular weight is 347 g/mol. The van der Waals surface area contributed by atoms with E-state index in [2.05, 4.69) is 33.5 Å². The van der Waals surface area contributed by atoms with Crippen LogP contribution >= 0.6 is 0 Å². The van der Waals surface area contributed by atoms with Crippen LogP contribution in [0.25, 0.3) is 0 Å². The normalized spacial score (nSPS) is 16.6. The standard InChI is InChI=1S/C18H29N5O2/c1-12(2)16(21-18(19)25)17(24)20-15-6-5-14(11-13(15)3)23-9-7-22(4)8-10-23/h5-6,11-12,16H,7-10H2,1-4H3,(H,20,24)(H3,19,21,25). The van der Waals surface area contributed by atoms with E-state index in [0.717, 1.165) is 37.4 Å². The lowest BCUT2D eigenvalue weighted by molar-refractivity contribution is -0.118. The Labute approximate surface area is 149 Å². The molecular weight excluding hydrogens is 318 g/mol. The van der Waals surface area contributed by atoms with Crippen LogP contribution in [0, 0.1) is 12.8 Å². The monoisotopic (exact) mass is 347 g/mol. The van der Waals surface area contributed by atoms with E-state index in [1.165, 1.54) is 5.69 Å². The van der Waals surface area contributed by atoms with Crippen molar-refractivity contribution in [1.82, 2.24) is 10.2 Å². The largest absolute Gasteiger partial charge is 0.369 e. The predicted octanol–water partition coefficient (Wildman–Crippen LogP) is 1.38. The van der Waals surface area contributed by atoms with Gasteiger partial charge in [-0.15, -0.1) is 0 Å². The summed E-state index contributed by atoms with van der Waals surface area (Å²) in [6.07, 6.45) is 0. The number of benzene rings is 1. The van der Waals surface area contributed by atoms with Gasteiger partial charge in [0.15, 0.2) is 0 Å². The molecule has 1 aromatic carbocycles. The first-order valence-corrected chi connectivity index (χ1v) is 8.69. The number of urea groups is 1. The lowest BCUT2D eigenvalue weighted by Gasteiger charge is -2.34. The van der Waals surface area contributed by atoms with Crippen LogP contribution in [0.3, 0.4) is 0 Å². The Kier molecular flexibility index (Phi) is 6.25. The molecule has 2 rings (SSSR count). The van der Waals surface area contributed by atoms with Crippen molar-refractivity contribution in [2.24, 2.45) is 11.7 Å².